The number of piperidine rings is 2. The lowest BCUT2D eigenvalue weighted by Gasteiger charge is -2.42. The van der Waals surface area contributed by atoms with Gasteiger partial charge in [0.15, 0.2) is 0 Å². The molecule has 0 aromatic heterocycles. The summed E-state index contributed by atoms with van der Waals surface area (Å²) < 4.78 is 25.8. The molecule has 0 radical (unpaired) electrons. The van der Waals surface area contributed by atoms with E-state index in [4.69, 9.17) is 0 Å². The van der Waals surface area contributed by atoms with Crippen molar-refractivity contribution in [3.05, 3.63) is 0 Å². The first kappa shape index (κ1) is 19.9. The summed E-state index contributed by atoms with van der Waals surface area (Å²) in [6.45, 7) is 14.1. The van der Waals surface area contributed by atoms with Crippen LogP contribution in [0.1, 0.15) is 60.3 Å². The van der Waals surface area contributed by atoms with E-state index in [2.05, 4.69) is 18.7 Å². The maximum absolute atomic E-state index is 12.0. The molecule has 4 nitrogen and oxygen atoms in total. The normalized spacial score (nSPS) is 25.8. The van der Waals surface area contributed by atoms with Crippen LogP contribution in [0.15, 0.2) is 0 Å². The predicted octanol–water partition coefficient (Wildman–Crippen LogP) is 3.19. The van der Waals surface area contributed by atoms with Crippen molar-refractivity contribution in [2.75, 3.05) is 31.9 Å². The van der Waals surface area contributed by atoms with Crippen LogP contribution in [-0.2, 0) is 10.0 Å². The molecule has 0 spiro atoms. The third-order valence-electron chi connectivity index (χ3n) is 5.15. The Morgan fingerprint density at radius 1 is 1.05 bits per heavy atom. The van der Waals surface area contributed by atoms with Crippen molar-refractivity contribution in [1.29, 1.82) is 0 Å². The lowest BCUT2D eigenvalue weighted by molar-refractivity contribution is 0.0831. The summed E-state index contributed by atoms with van der Waals surface area (Å²) in [5, 5.41) is 0. The largest absolute Gasteiger partial charge is 0.299 e. The van der Waals surface area contributed by atoms with Crippen LogP contribution in [0, 0.1) is 11.8 Å². The van der Waals surface area contributed by atoms with Crippen LogP contribution in [0.2, 0.25) is 0 Å². The van der Waals surface area contributed by atoms with Crippen molar-refractivity contribution in [3.8, 4) is 0 Å². The smallest absolute Gasteiger partial charge is 0.213 e. The van der Waals surface area contributed by atoms with E-state index < -0.39 is 10.0 Å². The highest BCUT2D eigenvalue weighted by Crippen LogP contribution is 2.28. The van der Waals surface area contributed by atoms with Crippen LogP contribution in [0.5, 0.6) is 0 Å². The molecule has 0 saturated carbocycles. The van der Waals surface area contributed by atoms with E-state index in [9.17, 15) is 8.42 Å². The molecular formula is C17H36N2O2S. The molecule has 1 unspecified atom stereocenters. The van der Waals surface area contributed by atoms with Crippen molar-refractivity contribution in [3.63, 3.8) is 0 Å². The van der Waals surface area contributed by atoms with Gasteiger partial charge in [0.1, 0.15) is 0 Å². The second-order valence-corrected chi connectivity index (χ2v) is 8.93. The number of rotatable bonds is 4. The first-order chi connectivity index (χ1) is 10.4. The van der Waals surface area contributed by atoms with Crippen LogP contribution in [0.3, 0.4) is 0 Å². The first-order valence-electron chi connectivity index (χ1n) is 9.16. The minimum Gasteiger partial charge on any atom is -0.299 e. The van der Waals surface area contributed by atoms with Crippen LogP contribution >= 0.6 is 0 Å². The summed E-state index contributed by atoms with van der Waals surface area (Å²) in [4.78, 5) is 2.54. The molecule has 0 amide bonds. The fourth-order valence-corrected chi connectivity index (χ4v) is 4.78. The highest BCUT2D eigenvalue weighted by atomic mass is 32.2. The van der Waals surface area contributed by atoms with Crippen molar-refractivity contribution in [1.82, 2.24) is 9.21 Å². The summed E-state index contributed by atoms with van der Waals surface area (Å²) in [5.41, 5.74) is 0. The molecule has 0 N–H and O–H groups in total. The predicted molar refractivity (Wildman–Crippen MR) is 94.5 cm³/mol. The molecule has 2 heterocycles. The number of likely N-dealkylation sites (tertiary alicyclic amines) is 1. The van der Waals surface area contributed by atoms with Crippen molar-refractivity contribution >= 4 is 10.0 Å². The van der Waals surface area contributed by atoms with E-state index >= 15 is 0 Å². The third-order valence-corrected chi connectivity index (χ3v) is 7.00. The Hall–Kier alpha value is -0.130. The zero-order valence-corrected chi connectivity index (χ0v) is 16.0. The number of sulfonamides is 1. The Balaban J connectivity index is 0.00000116. The highest BCUT2D eigenvalue weighted by molar-refractivity contribution is 7.89. The van der Waals surface area contributed by atoms with E-state index in [0.717, 1.165) is 44.3 Å². The molecule has 2 aliphatic heterocycles. The average Bonchev–Trinajstić information content (AvgIpc) is 2.57. The molecule has 0 aromatic rings. The molecule has 2 aliphatic rings. The van der Waals surface area contributed by atoms with Crippen LogP contribution < -0.4 is 0 Å². The van der Waals surface area contributed by atoms with Crippen LogP contribution in [0.4, 0.5) is 0 Å². The summed E-state index contributed by atoms with van der Waals surface area (Å²) in [6, 6.07) is 0.443. The Labute approximate surface area is 138 Å². The van der Waals surface area contributed by atoms with Gasteiger partial charge in [0.25, 0.3) is 0 Å². The van der Waals surface area contributed by atoms with Gasteiger partial charge in [-0.15, -0.1) is 0 Å². The number of hydrogen-bond acceptors (Lipinski definition) is 3. The Bertz CT molecular complexity index is 401. The molecule has 1 atom stereocenters. The van der Waals surface area contributed by atoms with Gasteiger partial charge in [-0.05, 0) is 57.5 Å². The topological polar surface area (TPSA) is 40.6 Å². The Kier molecular flexibility index (Phi) is 8.36. The van der Waals surface area contributed by atoms with Gasteiger partial charge in [-0.3, -0.25) is 4.90 Å². The van der Waals surface area contributed by atoms with Gasteiger partial charge >= 0.3 is 0 Å². The summed E-state index contributed by atoms with van der Waals surface area (Å²) in [7, 11) is -3.01. The molecule has 2 rings (SSSR count). The van der Waals surface area contributed by atoms with Gasteiger partial charge in [0.05, 0.1) is 5.75 Å². The van der Waals surface area contributed by atoms with E-state index in [1.807, 2.05) is 13.8 Å². The van der Waals surface area contributed by atoms with Gasteiger partial charge < -0.3 is 0 Å². The van der Waals surface area contributed by atoms with Crippen LogP contribution in [0.25, 0.3) is 0 Å². The van der Waals surface area contributed by atoms with Gasteiger partial charge in [0.2, 0.25) is 10.0 Å². The fourth-order valence-electron chi connectivity index (χ4n) is 3.61. The minimum absolute atomic E-state index is 0.231. The molecule has 22 heavy (non-hydrogen) atoms. The molecule has 0 aromatic carbocycles. The summed E-state index contributed by atoms with van der Waals surface area (Å²) in [5.74, 6) is 1.86. The van der Waals surface area contributed by atoms with Crippen molar-refractivity contribution in [2.24, 2.45) is 11.8 Å². The maximum Gasteiger partial charge on any atom is 0.213 e. The molecule has 2 fully saturated rings. The van der Waals surface area contributed by atoms with Gasteiger partial charge in [-0.2, -0.15) is 0 Å². The second kappa shape index (κ2) is 9.24. The third kappa shape index (κ3) is 5.20. The van der Waals surface area contributed by atoms with Gasteiger partial charge in [0, 0.05) is 19.1 Å². The minimum atomic E-state index is -3.01. The van der Waals surface area contributed by atoms with Crippen molar-refractivity contribution in [2.45, 2.75) is 66.3 Å². The maximum atomic E-state index is 12.0. The zero-order chi connectivity index (χ0) is 16.8. The first-order valence-corrected chi connectivity index (χ1v) is 10.8. The standard InChI is InChI=1S/C15H30N2O2S.C2H6/c1-4-20(18,19)17-9-5-6-15(12-17)16-10-7-14(8-11-16)13(2)3;1-2/h13-15H,4-12H2,1-3H3;1-2H3. The van der Waals surface area contributed by atoms with Crippen LogP contribution in [-0.4, -0.2) is 55.6 Å². The number of hydrogen-bond donors (Lipinski definition) is 0. The number of nitrogens with zero attached hydrogens (tertiary/aromatic N) is 2. The summed E-state index contributed by atoms with van der Waals surface area (Å²) >= 11 is 0. The van der Waals surface area contributed by atoms with E-state index in [1.165, 1.54) is 12.8 Å². The second-order valence-electron chi connectivity index (χ2n) is 6.67. The lowest BCUT2D eigenvalue weighted by Crippen LogP contribution is -2.52. The van der Waals surface area contributed by atoms with Gasteiger partial charge in [-0.1, -0.05) is 27.7 Å². The molecule has 132 valence electrons. The monoisotopic (exact) mass is 332 g/mol. The van der Waals surface area contributed by atoms with E-state index in [-0.39, 0.29) is 5.75 Å². The average molecular weight is 333 g/mol. The molecule has 5 heteroatoms. The lowest BCUT2D eigenvalue weighted by atomic mass is 9.86. The molecule has 0 aliphatic carbocycles. The van der Waals surface area contributed by atoms with E-state index in [1.54, 1.807) is 11.2 Å². The molecular weight excluding hydrogens is 296 g/mol. The molecule has 2 saturated heterocycles. The molecule has 0 bridgehead atoms. The summed E-state index contributed by atoms with van der Waals surface area (Å²) in [6.07, 6.45) is 4.71. The highest BCUT2D eigenvalue weighted by Gasteiger charge is 2.32. The van der Waals surface area contributed by atoms with Crippen molar-refractivity contribution < 1.29 is 8.42 Å². The fraction of sp³-hybridized carbons (Fsp3) is 1.00. The van der Waals surface area contributed by atoms with Gasteiger partial charge in [-0.25, -0.2) is 12.7 Å². The van der Waals surface area contributed by atoms with E-state index in [0.29, 0.717) is 12.6 Å². The zero-order valence-electron chi connectivity index (χ0n) is 15.2. The SMILES string of the molecule is CC.CCS(=O)(=O)N1CCCC(N2CCC(C(C)C)CC2)C1. The Morgan fingerprint density at radius 3 is 2.14 bits per heavy atom. The Morgan fingerprint density at radius 2 is 1.64 bits per heavy atom. The quantitative estimate of drug-likeness (QED) is 0.794.